The highest BCUT2D eigenvalue weighted by atomic mass is 35.5. The van der Waals surface area contributed by atoms with Gasteiger partial charge in [0.15, 0.2) is 15.6 Å². The summed E-state index contributed by atoms with van der Waals surface area (Å²) in [7, 11) is 2.48. The Morgan fingerprint density at radius 1 is 0.980 bits per heavy atom. The number of hydrogen-bond acceptors (Lipinski definition) is 8. The van der Waals surface area contributed by atoms with Crippen molar-refractivity contribution in [3.63, 3.8) is 0 Å². The van der Waals surface area contributed by atoms with E-state index in [4.69, 9.17) is 39.5 Å². The topological polar surface area (TPSA) is 120 Å². The number of anilines is 2. The van der Waals surface area contributed by atoms with Gasteiger partial charge in [-0.1, -0.05) is 29.3 Å². The van der Waals surface area contributed by atoms with Gasteiger partial charge in [-0.3, -0.25) is 24.2 Å². The molecule has 1 N–H and O–H groups in total. The van der Waals surface area contributed by atoms with Crippen LogP contribution >= 0.6 is 34.8 Å². The fourth-order valence-corrected chi connectivity index (χ4v) is 9.03. The summed E-state index contributed by atoms with van der Waals surface area (Å²) in [5.41, 5.74) is -0.700. The molecular formula is C34H25Cl3F4N4O6. The molecule has 10 nitrogen and oxygen atoms in total. The molecule has 2 aliphatic carbocycles. The summed E-state index contributed by atoms with van der Waals surface area (Å²) in [4.78, 5) is 57.0. The quantitative estimate of drug-likeness (QED) is 0.141. The molecule has 1 aromatic heterocycles. The summed E-state index contributed by atoms with van der Waals surface area (Å²) in [6.07, 6.45) is -3.68. The fourth-order valence-electron chi connectivity index (χ4n) is 7.87. The SMILES string of the molecule is COc1cc(O)ccc1[C@H]1C2=CC[C@@H]3C(=O)N(N(C)c4nc(C(F)(F)F)ccc4Cl)C(=O)[C@@H]3[C@@H]2C[C@@]2(Cl)C(=O)N(c3ccc(F)cc3)C(=O)[C@@]12Cl. The van der Waals surface area contributed by atoms with Gasteiger partial charge in [-0.05, 0) is 61.2 Å². The van der Waals surface area contributed by atoms with E-state index in [0.29, 0.717) is 16.6 Å². The Labute approximate surface area is 302 Å². The number of rotatable bonds is 5. The van der Waals surface area contributed by atoms with Gasteiger partial charge in [0, 0.05) is 24.6 Å². The third-order valence-corrected chi connectivity index (χ3v) is 11.8. The van der Waals surface area contributed by atoms with Crippen LogP contribution in [0.3, 0.4) is 0 Å². The number of ether oxygens (including phenoxy) is 1. The molecule has 266 valence electrons. The van der Waals surface area contributed by atoms with Crippen molar-refractivity contribution in [2.45, 2.75) is 34.7 Å². The Hall–Kier alpha value is -4.40. The predicted octanol–water partition coefficient (Wildman–Crippen LogP) is 6.22. The van der Waals surface area contributed by atoms with Crippen LogP contribution in [0.15, 0.2) is 66.2 Å². The first kappa shape index (κ1) is 35.0. The highest BCUT2D eigenvalue weighted by molar-refractivity contribution is 6.58. The lowest BCUT2D eigenvalue weighted by molar-refractivity contribution is -0.141. The van der Waals surface area contributed by atoms with Gasteiger partial charge in [-0.25, -0.2) is 14.3 Å². The molecule has 4 amide bonds. The van der Waals surface area contributed by atoms with Crippen LogP contribution in [-0.4, -0.2) is 62.6 Å². The summed E-state index contributed by atoms with van der Waals surface area (Å²) in [6, 6.07) is 10.2. The molecule has 0 spiro atoms. The van der Waals surface area contributed by atoms with Gasteiger partial charge in [-0.15, -0.1) is 23.2 Å². The molecule has 1 saturated carbocycles. The summed E-state index contributed by atoms with van der Waals surface area (Å²) in [5.74, 6) is -9.29. The van der Waals surface area contributed by atoms with Crippen LogP contribution in [0, 0.1) is 23.6 Å². The van der Waals surface area contributed by atoms with E-state index < -0.39 is 87.0 Å². The third-order valence-electron chi connectivity index (χ3n) is 10.1. The molecule has 0 bridgehead atoms. The number of imide groups is 2. The average molecular weight is 768 g/mol. The number of pyridine rings is 1. The normalized spacial score (nSPS) is 28.8. The highest BCUT2D eigenvalue weighted by Crippen LogP contribution is 2.66. The van der Waals surface area contributed by atoms with Crippen molar-refractivity contribution in [2.24, 2.45) is 17.8 Å². The monoisotopic (exact) mass is 766 g/mol. The van der Waals surface area contributed by atoms with Crippen LogP contribution < -0.4 is 14.6 Å². The predicted molar refractivity (Wildman–Crippen MR) is 176 cm³/mol. The van der Waals surface area contributed by atoms with Crippen LogP contribution in [0.5, 0.6) is 11.5 Å². The number of allylic oxidation sites excluding steroid dienone is 2. The maximum atomic E-state index is 14.5. The molecule has 7 rings (SSSR count). The lowest BCUT2D eigenvalue weighted by atomic mass is 9.56. The van der Waals surface area contributed by atoms with E-state index in [1.54, 1.807) is 6.08 Å². The number of alkyl halides is 5. The molecule has 3 heterocycles. The maximum Gasteiger partial charge on any atom is 0.433 e. The van der Waals surface area contributed by atoms with Crippen molar-refractivity contribution < 1.29 is 46.6 Å². The summed E-state index contributed by atoms with van der Waals surface area (Å²) < 4.78 is 60.1. The second-order valence-electron chi connectivity index (χ2n) is 12.7. The minimum absolute atomic E-state index is 0.0162. The van der Waals surface area contributed by atoms with Crippen LogP contribution in [0.1, 0.15) is 30.0 Å². The number of hydrogen-bond donors (Lipinski definition) is 1. The number of phenolic OH excluding ortho intramolecular Hbond substituents is 1. The number of halogens is 7. The van der Waals surface area contributed by atoms with Crippen molar-refractivity contribution >= 4 is 69.9 Å². The minimum Gasteiger partial charge on any atom is -0.508 e. The Morgan fingerprint density at radius 2 is 1.67 bits per heavy atom. The number of aromatic nitrogens is 1. The van der Waals surface area contributed by atoms with Gasteiger partial charge in [0.2, 0.25) is 0 Å². The zero-order chi connectivity index (χ0) is 36.9. The van der Waals surface area contributed by atoms with E-state index in [1.165, 1.54) is 44.5 Å². The second-order valence-corrected chi connectivity index (χ2v) is 14.3. The number of phenols is 1. The molecular weight excluding hydrogens is 743 g/mol. The van der Waals surface area contributed by atoms with Crippen molar-refractivity contribution in [1.82, 2.24) is 9.99 Å². The Kier molecular flexibility index (Phi) is 8.12. The van der Waals surface area contributed by atoms with E-state index in [-0.39, 0.29) is 34.2 Å². The molecule has 17 heteroatoms. The largest absolute Gasteiger partial charge is 0.508 e. The van der Waals surface area contributed by atoms with Crippen molar-refractivity contribution in [3.8, 4) is 11.5 Å². The van der Waals surface area contributed by atoms with Gasteiger partial charge in [-0.2, -0.15) is 18.2 Å². The average Bonchev–Trinajstić information content (AvgIpc) is 3.42. The first-order valence-corrected chi connectivity index (χ1v) is 16.5. The van der Waals surface area contributed by atoms with Crippen molar-refractivity contribution in [3.05, 3.63) is 88.3 Å². The minimum atomic E-state index is -4.85. The molecule has 3 aromatic rings. The lowest BCUT2D eigenvalue weighted by Gasteiger charge is -2.50. The zero-order valence-electron chi connectivity index (χ0n) is 26.4. The van der Waals surface area contributed by atoms with E-state index in [0.717, 1.165) is 28.1 Å². The maximum absolute atomic E-state index is 14.5. The summed E-state index contributed by atoms with van der Waals surface area (Å²) in [6.45, 7) is 0. The molecule has 0 radical (unpaired) electrons. The van der Waals surface area contributed by atoms with Crippen LogP contribution in [0.4, 0.5) is 29.1 Å². The number of carbonyl (C=O) groups is 4. The van der Waals surface area contributed by atoms with Crippen LogP contribution in [0.2, 0.25) is 5.02 Å². The van der Waals surface area contributed by atoms with E-state index in [2.05, 4.69) is 4.98 Å². The number of nitrogens with zero attached hydrogens (tertiary/aromatic N) is 4. The Morgan fingerprint density at radius 3 is 2.31 bits per heavy atom. The van der Waals surface area contributed by atoms with E-state index in [1.807, 2.05) is 0 Å². The first-order valence-electron chi connectivity index (χ1n) is 15.4. The molecule has 3 fully saturated rings. The lowest BCUT2D eigenvalue weighted by Crippen LogP contribution is -2.60. The first-order chi connectivity index (χ1) is 23.9. The van der Waals surface area contributed by atoms with Gasteiger partial charge >= 0.3 is 6.18 Å². The molecule has 4 aliphatic rings. The summed E-state index contributed by atoms with van der Waals surface area (Å²) in [5, 5.41) is 11.5. The molecule has 0 unspecified atom stereocenters. The molecule has 51 heavy (non-hydrogen) atoms. The Bertz CT molecular complexity index is 2070. The second kappa shape index (κ2) is 11.8. The van der Waals surface area contributed by atoms with Gasteiger partial charge in [0.25, 0.3) is 23.6 Å². The number of methoxy groups -OCH3 is 1. The third kappa shape index (κ3) is 4.93. The van der Waals surface area contributed by atoms with Crippen molar-refractivity contribution in [2.75, 3.05) is 24.1 Å². The van der Waals surface area contributed by atoms with E-state index >= 15 is 0 Å². The van der Waals surface area contributed by atoms with Gasteiger partial charge < -0.3 is 9.84 Å². The number of aromatic hydroxyl groups is 1. The number of fused-ring (bicyclic) bond motifs is 4. The fraction of sp³-hybridized carbons (Fsp3) is 0.324. The smallest absolute Gasteiger partial charge is 0.433 e. The van der Waals surface area contributed by atoms with Gasteiger partial charge in [0.05, 0.1) is 29.7 Å². The summed E-state index contributed by atoms with van der Waals surface area (Å²) >= 11 is 20.9. The molecule has 2 aromatic carbocycles. The highest BCUT2D eigenvalue weighted by Gasteiger charge is 2.77. The van der Waals surface area contributed by atoms with Crippen molar-refractivity contribution in [1.29, 1.82) is 0 Å². The molecule has 2 aliphatic heterocycles. The number of amides is 4. The number of benzene rings is 2. The molecule has 6 atom stereocenters. The number of hydrazine groups is 1. The zero-order valence-corrected chi connectivity index (χ0v) is 28.7. The van der Waals surface area contributed by atoms with Crippen LogP contribution in [0.25, 0.3) is 0 Å². The van der Waals surface area contributed by atoms with E-state index in [9.17, 15) is 41.8 Å². The van der Waals surface area contributed by atoms with Crippen LogP contribution in [-0.2, 0) is 25.4 Å². The molecule has 2 saturated heterocycles. The standard InChI is InChI=1S/C34H25Cl3F4N4O6/c1-43(27-22(35)11-12-24(42-27)34(39,40)41)45-28(47)20-10-9-18-21(25(20)29(45)48)14-32(36)30(49)44(16-5-3-15(38)4-6-16)31(50)33(32,37)26(18)19-8-7-17(46)13-23(19)51-2/h3-9,11-13,20-21,25-26,46H,10,14H2,1-2H3/t20-,21+,25-,26+,32+,33-/m0/s1. The Balaban J connectivity index is 1.37. The van der Waals surface area contributed by atoms with Gasteiger partial charge in [0.1, 0.15) is 23.0 Å². The number of carbonyl (C=O) groups excluding carboxylic acids is 4.